The summed E-state index contributed by atoms with van der Waals surface area (Å²) in [5.74, 6) is 2.19. The maximum Gasteiger partial charge on any atom is 0.163 e. The molecule has 1 aliphatic rings. The Kier molecular flexibility index (Phi) is 5.21. The van der Waals surface area contributed by atoms with Crippen LogP contribution in [0, 0.1) is 0 Å². The Morgan fingerprint density at radius 2 is 1.79 bits per heavy atom. The van der Waals surface area contributed by atoms with Gasteiger partial charge in [-0.15, -0.1) is 0 Å². The van der Waals surface area contributed by atoms with Gasteiger partial charge in [-0.05, 0) is 18.6 Å². The van der Waals surface area contributed by atoms with Crippen molar-refractivity contribution in [1.82, 2.24) is 15.0 Å². The number of aromatic nitrogens is 3. The second-order valence-electron chi connectivity index (χ2n) is 6.75. The van der Waals surface area contributed by atoms with Crippen LogP contribution in [0.2, 0.25) is 0 Å². The molecule has 7 nitrogen and oxygen atoms in total. The fraction of sp³-hybridized carbons (Fsp3) is 0.250. The molecule has 144 valence electrons. The Morgan fingerprint density at radius 3 is 2.50 bits per heavy atom. The van der Waals surface area contributed by atoms with E-state index in [1.54, 1.807) is 12.3 Å². The molecule has 28 heavy (non-hydrogen) atoms. The van der Waals surface area contributed by atoms with Gasteiger partial charge in [-0.1, -0.05) is 36.4 Å². The average Bonchev–Trinajstić information content (AvgIpc) is 3.06. The van der Waals surface area contributed by atoms with Gasteiger partial charge in [-0.2, -0.15) is 0 Å². The minimum absolute atomic E-state index is 0.132. The summed E-state index contributed by atoms with van der Waals surface area (Å²) in [5, 5.41) is 6.54. The highest BCUT2D eigenvalue weighted by atomic mass is 32.2. The molecule has 0 bridgehead atoms. The lowest BCUT2D eigenvalue weighted by molar-refractivity contribution is 0.602. The standard InChI is InChI=1S/C20H21N5O2S/c26-28(27)11-9-17(14-28)23-19-12-18(22-13-16-8-4-5-10-21-16)24-20(25-19)15-6-2-1-3-7-15/h1-8,10,12,17H,9,11,13-14H2,(H2,22,23,24,25). The normalized spacial score (nSPS) is 17.9. The van der Waals surface area contributed by atoms with Crippen LogP contribution in [0.25, 0.3) is 11.4 Å². The zero-order chi connectivity index (χ0) is 19.4. The molecule has 1 saturated heterocycles. The monoisotopic (exact) mass is 395 g/mol. The summed E-state index contributed by atoms with van der Waals surface area (Å²) in [6, 6.07) is 17.1. The predicted octanol–water partition coefficient (Wildman–Crippen LogP) is 2.75. The van der Waals surface area contributed by atoms with Crippen molar-refractivity contribution < 1.29 is 8.42 Å². The van der Waals surface area contributed by atoms with Crippen LogP contribution in [0.5, 0.6) is 0 Å². The van der Waals surface area contributed by atoms with Crippen molar-refractivity contribution in [2.75, 3.05) is 22.1 Å². The largest absolute Gasteiger partial charge is 0.366 e. The second-order valence-corrected chi connectivity index (χ2v) is 8.98. The Labute approximate surface area is 164 Å². The van der Waals surface area contributed by atoms with E-state index in [-0.39, 0.29) is 17.5 Å². The number of anilines is 2. The minimum Gasteiger partial charge on any atom is -0.366 e. The van der Waals surface area contributed by atoms with Crippen LogP contribution in [0.3, 0.4) is 0 Å². The predicted molar refractivity (Wildman–Crippen MR) is 110 cm³/mol. The molecule has 3 heterocycles. The van der Waals surface area contributed by atoms with Gasteiger partial charge in [-0.3, -0.25) is 4.98 Å². The van der Waals surface area contributed by atoms with Crippen molar-refractivity contribution in [3.63, 3.8) is 0 Å². The molecule has 0 amide bonds. The molecule has 8 heteroatoms. The lowest BCUT2D eigenvalue weighted by Gasteiger charge is -2.14. The Morgan fingerprint density at radius 1 is 1.00 bits per heavy atom. The molecular formula is C20H21N5O2S. The molecule has 1 aromatic carbocycles. The Bertz CT molecular complexity index is 1040. The lowest BCUT2D eigenvalue weighted by Crippen LogP contribution is -2.21. The van der Waals surface area contributed by atoms with E-state index in [2.05, 4.69) is 25.6 Å². The SMILES string of the molecule is O=S1(=O)CCC(Nc2cc(NCc3ccccn3)nc(-c3ccccc3)n2)C1. The second kappa shape index (κ2) is 7.93. The molecule has 2 N–H and O–H groups in total. The highest BCUT2D eigenvalue weighted by Crippen LogP contribution is 2.23. The van der Waals surface area contributed by atoms with E-state index >= 15 is 0 Å². The zero-order valence-corrected chi connectivity index (χ0v) is 16.1. The zero-order valence-electron chi connectivity index (χ0n) is 15.2. The first-order valence-corrected chi connectivity index (χ1v) is 10.9. The van der Waals surface area contributed by atoms with Crippen molar-refractivity contribution in [3.05, 3.63) is 66.5 Å². The van der Waals surface area contributed by atoms with Crippen LogP contribution in [-0.2, 0) is 16.4 Å². The van der Waals surface area contributed by atoms with E-state index in [0.717, 1.165) is 11.3 Å². The summed E-state index contributed by atoms with van der Waals surface area (Å²) < 4.78 is 23.5. The van der Waals surface area contributed by atoms with Crippen molar-refractivity contribution >= 4 is 21.5 Å². The number of hydrogen-bond donors (Lipinski definition) is 2. The average molecular weight is 395 g/mol. The molecular weight excluding hydrogens is 374 g/mol. The van der Waals surface area contributed by atoms with E-state index < -0.39 is 9.84 Å². The van der Waals surface area contributed by atoms with Gasteiger partial charge in [0.2, 0.25) is 0 Å². The first kappa shape index (κ1) is 18.4. The molecule has 1 unspecified atom stereocenters. The summed E-state index contributed by atoms with van der Waals surface area (Å²) in [6.07, 6.45) is 2.34. The molecule has 0 spiro atoms. The van der Waals surface area contributed by atoms with E-state index in [1.165, 1.54) is 0 Å². The first-order chi connectivity index (χ1) is 13.6. The number of sulfone groups is 1. The van der Waals surface area contributed by atoms with Crippen molar-refractivity contribution in [2.24, 2.45) is 0 Å². The van der Waals surface area contributed by atoms with E-state index in [4.69, 9.17) is 0 Å². The fourth-order valence-electron chi connectivity index (χ4n) is 3.13. The van der Waals surface area contributed by atoms with Crippen LogP contribution >= 0.6 is 0 Å². The summed E-state index contributed by atoms with van der Waals surface area (Å²) in [5.41, 5.74) is 1.80. The van der Waals surface area contributed by atoms with Crippen LogP contribution in [0.4, 0.5) is 11.6 Å². The molecule has 0 aliphatic carbocycles. The molecule has 0 saturated carbocycles. The van der Waals surface area contributed by atoms with Crippen LogP contribution in [0.1, 0.15) is 12.1 Å². The van der Waals surface area contributed by atoms with Gasteiger partial charge in [0.05, 0.1) is 23.7 Å². The number of hydrogen-bond acceptors (Lipinski definition) is 7. The summed E-state index contributed by atoms with van der Waals surface area (Å²) >= 11 is 0. The minimum atomic E-state index is -2.96. The smallest absolute Gasteiger partial charge is 0.163 e. The van der Waals surface area contributed by atoms with Gasteiger partial charge in [0.15, 0.2) is 15.7 Å². The number of nitrogens with zero attached hydrogens (tertiary/aromatic N) is 3. The van der Waals surface area contributed by atoms with Gasteiger partial charge < -0.3 is 10.6 Å². The third-order valence-corrected chi connectivity index (χ3v) is 6.29. The van der Waals surface area contributed by atoms with Crippen molar-refractivity contribution in [3.8, 4) is 11.4 Å². The first-order valence-electron chi connectivity index (χ1n) is 9.13. The molecule has 3 aromatic rings. The number of nitrogens with one attached hydrogen (secondary N) is 2. The molecule has 1 fully saturated rings. The number of rotatable bonds is 6. The maximum atomic E-state index is 11.8. The fourth-order valence-corrected chi connectivity index (χ4v) is 4.80. The lowest BCUT2D eigenvalue weighted by atomic mass is 10.2. The summed E-state index contributed by atoms with van der Waals surface area (Å²) in [7, 11) is -2.96. The number of pyridine rings is 1. The van der Waals surface area contributed by atoms with Gasteiger partial charge in [-0.25, -0.2) is 18.4 Å². The molecule has 2 aromatic heterocycles. The third-order valence-electron chi connectivity index (χ3n) is 4.52. The molecule has 1 atom stereocenters. The van der Waals surface area contributed by atoms with Gasteiger partial charge >= 0.3 is 0 Å². The molecule has 1 aliphatic heterocycles. The van der Waals surface area contributed by atoms with Crippen molar-refractivity contribution in [2.45, 2.75) is 19.0 Å². The summed E-state index contributed by atoms with van der Waals surface area (Å²) in [6.45, 7) is 0.531. The topological polar surface area (TPSA) is 96.9 Å². The summed E-state index contributed by atoms with van der Waals surface area (Å²) in [4.78, 5) is 13.5. The van der Waals surface area contributed by atoms with Crippen LogP contribution < -0.4 is 10.6 Å². The quantitative estimate of drug-likeness (QED) is 0.662. The third kappa shape index (κ3) is 4.64. The van der Waals surface area contributed by atoms with Gasteiger partial charge in [0.1, 0.15) is 11.6 Å². The van der Waals surface area contributed by atoms with E-state index in [9.17, 15) is 8.42 Å². The van der Waals surface area contributed by atoms with E-state index in [1.807, 2.05) is 48.5 Å². The number of benzene rings is 1. The Hall–Kier alpha value is -3.00. The molecule has 0 radical (unpaired) electrons. The van der Waals surface area contributed by atoms with Gasteiger partial charge in [0, 0.05) is 23.9 Å². The van der Waals surface area contributed by atoms with Crippen LogP contribution in [-0.4, -0.2) is 40.9 Å². The highest BCUT2D eigenvalue weighted by Gasteiger charge is 2.28. The van der Waals surface area contributed by atoms with Crippen molar-refractivity contribution in [1.29, 1.82) is 0 Å². The van der Waals surface area contributed by atoms with Gasteiger partial charge in [0.25, 0.3) is 0 Å². The van der Waals surface area contributed by atoms with Crippen LogP contribution in [0.15, 0.2) is 60.8 Å². The highest BCUT2D eigenvalue weighted by molar-refractivity contribution is 7.91. The molecule has 4 rings (SSSR count). The Balaban J connectivity index is 1.59. The van der Waals surface area contributed by atoms with E-state index in [0.29, 0.717) is 30.4 Å². The maximum absolute atomic E-state index is 11.8.